The summed E-state index contributed by atoms with van der Waals surface area (Å²) in [6, 6.07) is 16.9. The molecule has 222 valence electrons. The van der Waals surface area contributed by atoms with Gasteiger partial charge in [-0.2, -0.15) is 0 Å². The van der Waals surface area contributed by atoms with Crippen LogP contribution in [0.5, 0.6) is 5.75 Å². The second-order valence-electron chi connectivity index (χ2n) is 10.1. The average Bonchev–Trinajstić information content (AvgIpc) is 2.97. The van der Waals surface area contributed by atoms with Gasteiger partial charge in [-0.3, -0.25) is 14.6 Å². The molecule has 0 saturated heterocycles. The highest BCUT2D eigenvalue weighted by molar-refractivity contribution is 5.93. The molecule has 0 aromatic heterocycles. The molecule has 7 N–H and O–H groups in total. The fraction of sp³-hybridized carbons (Fsp3) is 0.281. The number of aliphatic hydroxyl groups is 2. The molecule has 10 heteroatoms. The van der Waals surface area contributed by atoms with Crippen molar-refractivity contribution in [1.29, 1.82) is 0 Å². The fourth-order valence-corrected chi connectivity index (χ4v) is 4.78. The molecule has 3 aromatic rings. The van der Waals surface area contributed by atoms with Crippen molar-refractivity contribution in [2.24, 2.45) is 16.5 Å². The van der Waals surface area contributed by atoms with Crippen LogP contribution in [0.4, 0.5) is 0 Å². The molecule has 42 heavy (non-hydrogen) atoms. The Hall–Kier alpha value is -4.51. The second kappa shape index (κ2) is 14.4. The maximum Gasteiger partial charge on any atom is 0.248 e. The van der Waals surface area contributed by atoms with Crippen molar-refractivity contribution in [1.82, 2.24) is 10.2 Å². The van der Waals surface area contributed by atoms with Gasteiger partial charge in [0.15, 0.2) is 6.29 Å². The van der Waals surface area contributed by atoms with E-state index in [1.165, 1.54) is 7.11 Å². The number of carbonyl (C=O) groups is 2. The zero-order valence-corrected chi connectivity index (χ0v) is 24.4. The van der Waals surface area contributed by atoms with Gasteiger partial charge in [0.2, 0.25) is 11.8 Å². The molecule has 10 nitrogen and oxygen atoms in total. The third-order valence-electron chi connectivity index (χ3n) is 7.10. The molecule has 0 heterocycles. The van der Waals surface area contributed by atoms with Crippen LogP contribution in [0.1, 0.15) is 57.0 Å². The molecule has 0 spiro atoms. The van der Waals surface area contributed by atoms with E-state index in [1.807, 2.05) is 51.1 Å². The van der Waals surface area contributed by atoms with Crippen molar-refractivity contribution in [2.45, 2.75) is 52.2 Å². The summed E-state index contributed by atoms with van der Waals surface area (Å²) in [6.07, 6.45) is -0.382. The van der Waals surface area contributed by atoms with E-state index in [1.54, 1.807) is 41.4 Å². The Morgan fingerprint density at radius 1 is 1.07 bits per heavy atom. The zero-order valence-electron chi connectivity index (χ0n) is 24.4. The molecule has 3 rings (SSSR count). The summed E-state index contributed by atoms with van der Waals surface area (Å²) in [5, 5.41) is 23.0. The lowest BCUT2D eigenvalue weighted by molar-refractivity contribution is -0.135. The van der Waals surface area contributed by atoms with E-state index in [4.69, 9.17) is 16.2 Å². The summed E-state index contributed by atoms with van der Waals surface area (Å²) in [5.41, 5.74) is 17.1. The number of carbonyl (C=O) groups excluding carboxylic acids is 2. The fourth-order valence-electron chi connectivity index (χ4n) is 4.78. The monoisotopic (exact) mass is 573 g/mol. The van der Waals surface area contributed by atoms with Gasteiger partial charge in [0.1, 0.15) is 5.75 Å². The highest BCUT2D eigenvalue weighted by Crippen LogP contribution is 2.26. The molecule has 2 amide bonds. The molecule has 0 aliphatic rings. The van der Waals surface area contributed by atoms with E-state index in [0.717, 1.165) is 22.3 Å². The van der Waals surface area contributed by atoms with Crippen molar-refractivity contribution in [3.05, 3.63) is 106 Å². The summed E-state index contributed by atoms with van der Waals surface area (Å²) in [5.74, 6) is -0.550. The van der Waals surface area contributed by atoms with Gasteiger partial charge in [-0.05, 0) is 80.4 Å². The molecule has 0 saturated carbocycles. The molecule has 0 radical (unpaired) electrons. The van der Waals surface area contributed by atoms with Crippen LogP contribution in [0.15, 0.2) is 71.9 Å². The number of hydrogen-bond acceptors (Lipinski definition) is 8. The molecule has 0 aliphatic heterocycles. The van der Waals surface area contributed by atoms with Crippen LogP contribution in [-0.2, 0) is 17.8 Å². The predicted molar refractivity (Wildman–Crippen MR) is 163 cm³/mol. The van der Waals surface area contributed by atoms with Crippen molar-refractivity contribution in [3.63, 3.8) is 0 Å². The Kier molecular flexibility index (Phi) is 11.0. The lowest BCUT2D eigenvalue weighted by Crippen LogP contribution is -2.52. The first kappa shape index (κ1) is 32.0. The average molecular weight is 574 g/mol. The molecule has 2 atom stereocenters. The van der Waals surface area contributed by atoms with E-state index in [2.05, 4.69) is 17.0 Å². The Labute approximate surface area is 246 Å². The first-order chi connectivity index (χ1) is 20.0. The summed E-state index contributed by atoms with van der Waals surface area (Å²) in [7, 11) is 1.44. The number of methoxy groups -OCH3 is 1. The maximum atomic E-state index is 13.9. The van der Waals surface area contributed by atoms with Gasteiger partial charge in [-0.15, -0.1) is 0 Å². The van der Waals surface area contributed by atoms with Crippen LogP contribution in [0.3, 0.4) is 0 Å². The van der Waals surface area contributed by atoms with Crippen LogP contribution >= 0.6 is 0 Å². The number of amides is 2. The number of nitrogens with two attached hydrogens (primary N) is 2. The van der Waals surface area contributed by atoms with Gasteiger partial charge in [-0.1, -0.05) is 36.4 Å². The Balaban J connectivity index is 1.94. The number of nitrogens with one attached hydrogen (secondary N) is 1. The summed E-state index contributed by atoms with van der Waals surface area (Å²) >= 11 is 0. The number of ether oxygens (including phenoxy) is 1. The minimum atomic E-state index is -1.76. The Morgan fingerprint density at radius 2 is 1.71 bits per heavy atom. The van der Waals surface area contributed by atoms with E-state index < -0.39 is 24.4 Å². The Bertz CT molecular complexity index is 1430. The van der Waals surface area contributed by atoms with Gasteiger partial charge >= 0.3 is 0 Å². The molecule has 0 bridgehead atoms. The summed E-state index contributed by atoms with van der Waals surface area (Å²) < 4.78 is 5.25. The molecular formula is C32H39N5O5. The number of aryl methyl sites for hydroxylation is 2. The minimum absolute atomic E-state index is 0.110. The van der Waals surface area contributed by atoms with Gasteiger partial charge < -0.3 is 36.6 Å². The maximum absolute atomic E-state index is 13.9. The second-order valence-corrected chi connectivity index (χ2v) is 10.1. The number of aliphatic imine (C=N–C) groups is 1. The number of hydrogen-bond donors (Lipinski definition) is 5. The highest BCUT2D eigenvalue weighted by Gasteiger charge is 2.27. The molecule has 0 fully saturated rings. The highest BCUT2D eigenvalue weighted by atomic mass is 16.5. The summed E-state index contributed by atoms with van der Waals surface area (Å²) in [4.78, 5) is 31.3. The van der Waals surface area contributed by atoms with E-state index in [0.29, 0.717) is 22.6 Å². The van der Waals surface area contributed by atoms with E-state index >= 15 is 0 Å². The quantitative estimate of drug-likeness (QED) is 0.155. The number of nitrogens with zero attached hydrogens (tertiary/aromatic N) is 2. The van der Waals surface area contributed by atoms with Gasteiger partial charge in [-0.25, -0.2) is 0 Å². The van der Waals surface area contributed by atoms with Crippen molar-refractivity contribution in [3.8, 4) is 5.75 Å². The third kappa shape index (κ3) is 7.82. The smallest absolute Gasteiger partial charge is 0.248 e. The lowest BCUT2D eigenvalue weighted by Gasteiger charge is -2.32. The molecule has 1 unspecified atom stereocenters. The Morgan fingerprint density at radius 3 is 2.26 bits per heavy atom. The molecule has 3 aromatic carbocycles. The SMILES string of the molecule is C=N/C(=C\NC(C)N(Cc1ccc(OC)c(C(O)O)c1)C(=O)[C@@H](N)Cc1c(C)cc(C(N)=O)cc1C)c1ccccc1. The van der Waals surface area contributed by atoms with Crippen LogP contribution in [-0.4, -0.2) is 53.0 Å². The van der Waals surface area contributed by atoms with Crippen LogP contribution in [0.2, 0.25) is 0 Å². The largest absolute Gasteiger partial charge is 0.496 e. The van der Waals surface area contributed by atoms with Crippen molar-refractivity contribution in [2.75, 3.05) is 7.11 Å². The summed E-state index contributed by atoms with van der Waals surface area (Å²) in [6.45, 7) is 9.30. The van der Waals surface area contributed by atoms with Crippen LogP contribution < -0.4 is 21.5 Å². The standard InChI is InChI=1S/C32H39N5O5/c1-19-13-24(30(34)38)14-20(2)25(19)16-27(33)31(39)37(18-22-11-12-29(42-5)26(15-22)32(40)41)21(3)36-17-28(35-4)23-9-7-6-8-10-23/h6-15,17,21,27,32,36,40-41H,4,16,18,33H2,1-3,5H3,(H2,34,38)/b28-17-/t21?,27-/m0/s1. The number of rotatable bonds is 13. The van der Waals surface area contributed by atoms with Crippen molar-refractivity contribution >= 4 is 24.2 Å². The topological polar surface area (TPSA) is 164 Å². The first-order valence-corrected chi connectivity index (χ1v) is 13.4. The van der Waals surface area contributed by atoms with Gasteiger partial charge in [0, 0.05) is 29.4 Å². The zero-order chi connectivity index (χ0) is 31.0. The van der Waals surface area contributed by atoms with Crippen molar-refractivity contribution < 1.29 is 24.5 Å². The predicted octanol–water partition coefficient (Wildman–Crippen LogP) is 2.93. The van der Waals surface area contributed by atoms with Gasteiger partial charge in [0.05, 0.1) is 25.0 Å². The number of benzene rings is 3. The number of aliphatic hydroxyl groups excluding tert-OH is 1. The van der Waals surface area contributed by atoms with E-state index in [9.17, 15) is 19.8 Å². The molecule has 0 aliphatic carbocycles. The number of primary amides is 1. The van der Waals surface area contributed by atoms with Crippen LogP contribution in [0.25, 0.3) is 5.70 Å². The van der Waals surface area contributed by atoms with Gasteiger partial charge in [0.25, 0.3) is 0 Å². The normalized spacial score (nSPS) is 12.9. The lowest BCUT2D eigenvalue weighted by atomic mass is 9.93. The minimum Gasteiger partial charge on any atom is -0.496 e. The first-order valence-electron chi connectivity index (χ1n) is 13.4. The van der Waals surface area contributed by atoms with E-state index in [-0.39, 0.29) is 24.4 Å². The third-order valence-corrected chi connectivity index (χ3v) is 7.10. The van der Waals surface area contributed by atoms with Crippen LogP contribution in [0, 0.1) is 13.8 Å². The molecular weight excluding hydrogens is 534 g/mol.